The third-order valence-corrected chi connectivity index (χ3v) is 7.11. The molecule has 0 bridgehead atoms. The molecule has 1 aromatic rings. The standard InChI is InChI=1S/C24H27ClFNO5S/c1-5-33-10-9-32-24(30)18-13(3)27-16-11-12(2)17(23(29)31-4)22(28)20(16)21(18)19-14(25)7-6-8-15(19)26/h6-8,12,17,21,27H,5,9-11H2,1-4H3/t12-,17+,21+/m0/s1. The Morgan fingerprint density at radius 3 is 2.70 bits per heavy atom. The number of rotatable bonds is 7. The van der Waals surface area contributed by atoms with E-state index in [9.17, 15) is 14.4 Å². The number of methoxy groups -OCH3 is 1. The lowest BCUT2D eigenvalue weighted by Crippen LogP contribution is -2.43. The Balaban J connectivity index is 2.14. The van der Waals surface area contributed by atoms with E-state index in [2.05, 4.69) is 5.32 Å². The summed E-state index contributed by atoms with van der Waals surface area (Å²) in [6.45, 7) is 5.64. The van der Waals surface area contributed by atoms with Gasteiger partial charge in [0.25, 0.3) is 0 Å². The molecule has 1 aromatic carbocycles. The van der Waals surface area contributed by atoms with Gasteiger partial charge in [-0.3, -0.25) is 9.59 Å². The first kappa shape index (κ1) is 25.3. The number of thioether (sulfide) groups is 1. The zero-order valence-corrected chi connectivity index (χ0v) is 20.6. The molecule has 178 valence electrons. The van der Waals surface area contributed by atoms with E-state index in [1.807, 2.05) is 6.92 Å². The van der Waals surface area contributed by atoms with E-state index in [4.69, 9.17) is 21.1 Å². The molecule has 0 fully saturated rings. The van der Waals surface area contributed by atoms with Crippen LogP contribution in [0.4, 0.5) is 4.39 Å². The molecule has 3 atom stereocenters. The quantitative estimate of drug-likeness (QED) is 0.341. The molecular formula is C24H27ClFNO5S. The van der Waals surface area contributed by atoms with Gasteiger partial charge in [-0.2, -0.15) is 11.8 Å². The van der Waals surface area contributed by atoms with Crippen LogP contribution < -0.4 is 5.32 Å². The number of dihydropyridines is 1. The van der Waals surface area contributed by atoms with Crippen LogP contribution in [0, 0.1) is 17.7 Å². The van der Waals surface area contributed by atoms with Gasteiger partial charge in [0, 0.05) is 33.3 Å². The van der Waals surface area contributed by atoms with Crippen molar-refractivity contribution >= 4 is 41.1 Å². The van der Waals surface area contributed by atoms with Crippen molar-refractivity contribution < 1.29 is 28.2 Å². The van der Waals surface area contributed by atoms with Gasteiger partial charge in [-0.15, -0.1) is 0 Å². The summed E-state index contributed by atoms with van der Waals surface area (Å²) in [6.07, 6.45) is 0.357. The first-order chi connectivity index (χ1) is 15.7. The number of esters is 2. The lowest BCUT2D eigenvalue weighted by molar-refractivity contribution is -0.151. The van der Waals surface area contributed by atoms with Crippen molar-refractivity contribution in [3.63, 3.8) is 0 Å². The molecule has 0 unspecified atom stereocenters. The highest BCUT2D eigenvalue weighted by atomic mass is 35.5. The Morgan fingerprint density at radius 2 is 2.06 bits per heavy atom. The van der Waals surface area contributed by atoms with E-state index >= 15 is 4.39 Å². The molecule has 9 heteroatoms. The van der Waals surface area contributed by atoms with Gasteiger partial charge < -0.3 is 14.8 Å². The summed E-state index contributed by atoms with van der Waals surface area (Å²) >= 11 is 8.02. The van der Waals surface area contributed by atoms with Gasteiger partial charge >= 0.3 is 11.9 Å². The summed E-state index contributed by atoms with van der Waals surface area (Å²) in [5.74, 6) is -3.48. The van der Waals surface area contributed by atoms with Crippen LogP contribution in [0.5, 0.6) is 0 Å². The molecule has 0 spiro atoms. The summed E-state index contributed by atoms with van der Waals surface area (Å²) in [5, 5.41) is 3.22. The molecular weight excluding hydrogens is 469 g/mol. The molecule has 1 heterocycles. The number of hydrogen-bond acceptors (Lipinski definition) is 7. The van der Waals surface area contributed by atoms with Crippen molar-refractivity contribution in [2.45, 2.75) is 33.1 Å². The van der Waals surface area contributed by atoms with Gasteiger partial charge in [0.15, 0.2) is 5.78 Å². The average molecular weight is 496 g/mol. The van der Waals surface area contributed by atoms with Crippen LogP contribution >= 0.6 is 23.4 Å². The normalized spacial score (nSPS) is 22.6. The minimum Gasteiger partial charge on any atom is -0.468 e. The fourth-order valence-corrected chi connectivity index (χ4v) is 5.20. The second-order valence-corrected chi connectivity index (χ2v) is 9.80. The number of carbonyl (C=O) groups is 3. The van der Waals surface area contributed by atoms with Crippen molar-refractivity contribution in [1.82, 2.24) is 5.32 Å². The van der Waals surface area contributed by atoms with Crippen LogP contribution in [-0.4, -0.2) is 42.9 Å². The number of allylic oxidation sites excluding steroid dienone is 3. The van der Waals surface area contributed by atoms with Crippen molar-refractivity contribution in [3.05, 3.63) is 57.1 Å². The van der Waals surface area contributed by atoms with E-state index < -0.39 is 35.4 Å². The fraction of sp³-hybridized carbons (Fsp3) is 0.458. The Hall–Kier alpha value is -2.32. The first-order valence-electron chi connectivity index (χ1n) is 10.7. The Bertz CT molecular complexity index is 1020. The molecule has 1 aliphatic heterocycles. The third kappa shape index (κ3) is 4.96. The average Bonchev–Trinajstić information content (AvgIpc) is 2.75. The maximum atomic E-state index is 15.1. The minimum absolute atomic E-state index is 0.00826. The van der Waals surface area contributed by atoms with Crippen molar-refractivity contribution in [2.75, 3.05) is 25.2 Å². The van der Waals surface area contributed by atoms with Crippen LogP contribution in [-0.2, 0) is 23.9 Å². The van der Waals surface area contributed by atoms with E-state index in [1.165, 1.54) is 25.3 Å². The highest BCUT2D eigenvalue weighted by Crippen LogP contribution is 2.47. The van der Waals surface area contributed by atoms with Crippen molar-refractivity contribution in [2.24, 2.45) is 11.8 Å². The summed E-state index contributed by atoms with van der Waals surface area (Å²) in [5.41, 5.74) is 1.27. The lowest BCUT2D eigenvalue weighted by Gasteiger charge is -2.38. The molecule has 0 radical (unpaired) electrons. The molecule has 2 aliphatic rings. The number of hydrogen-bond donors (Lipinski definition) is 1. The van der Waals surface area contributed by atoms with E-state index in [0.29, 0.717) is 23.6 Å². The summed E-state index contributed by atoms with van der Waals surface area (Å²) in [7, 11) is 1.22. The maximum Gasteiger partial charge on any atom is 0.336 e. The van der Waals surface area contributed by atoms with Crippen LogP contribution in [0.1, 0.15) is 38.7 Å². The SMILES string of the molecule is CCSCCOC(=O)C1=C(C)NC2=C(C(=O)[C@H](C(=O)OC)[C@@H](C)C2)[C@H]1c1c(F)cccc1Cl. The lowest BCUT2D eigenvalue weighted by atomic mass is 9.69. The number of halogens is 2. The molecule has 0 saturated heterocycles. The predicted octanol–water partition coefficient (Wildman–Crippen LogP) is 4.39. The van der Waals surface area contributed by atoms with Gasteiger partial charge in [-0.1, -0.05) is 31.5 Å². The molecule has 0 aromatic heterocycles. The largest absolute Gasteiger partial charge is 0.468 e. The van der Waals surface area contributed by atoms with Gasteiger partial charge in [0.05, 0.1) is 18.6 Å². The minimum atomic E-state index is -1.10. The Labute approximate surface area is 201 Å². The highest BCUT2D eigenvalue weighted by molar-refractivity contribution is 7.99. The zero-order chi connectivity index (χ0) is 24.3. The van der Waals surface area contributed by atoms with Crippen LogP contribution in [0.3, 0.4) is 0 Å². The molecule has 33 heavy (non-hydrogen) atoms. The zero-order valence-electron chi connectivity index (χ0n) is 19.0. The third-order valence-electron chi connectivity index (χ3n) is 5.92. The van der Waals surface area contributed by atoms with Crippen molar-refractivity contribution in [3.8, 4) is 0 Å². The smallest absolute Gasteiger partial charge is 0.336 e. The van der Waals surface area contributed by atoms with Gasteiger partial charge in [-0.05, 0) is 37.1 Å². The topological polar surface area (TPSA) is 81.7 Å². The van der Waals surface area contributed by atoms with Gasteiger partial charge in [0.2, 0.25) is 0 Å². The Kier molecular flexibility index (Phi) is 8.23. The fourth-order valence-electron chi connectivity index (χ4n) is 4.44. The molecule has 6 nitrogen and oxygen atoms in total. The summed E-state index contributed by atoms with van der Waals surface area (Å²) in [4.78, 5) is 39.2. The maximum absolute atomic E-state index is 15.1. The summed E-state index contributed by atoms with van der Waals surface area (Å²) < 4.78 is 25.5. The molecule has 0 saturated carbocycles. The number of benzene rings is 1. The van der Waals surface area contributed by atoms with E-state index in [-0.39, 0.29) is 34.3 Å². The van der Waals surface area contributed by atoms with Crippen LogP contribution in [0.2, 0.25) is 5.02 Å². The number of ketones is 1. The second kappa shape index (κ2) is 10.7. The molecule has 0 amide bonds. The predicted molar refractivity (Wildman–Crippen MR) is 125 cm³/mol. The number of Topliss-reactive ketones (excluding diaryl/α,β-unsaturated/α-hetero) is 1. The van der Waals surface area contributed by atoms with E-state index in [1.54, 1.807) is 25.6 Å². The van der Waals surface area contributed by atoms with Crippen LogP contribution in [0.15, 0.2) is 40.7 Å². The second-order valence-electron chi connectivity index (χ2n) is 8.00. The summed E-state index contributed by atoms with van der Waals surface area (Å²) in [6, 6.07) is 4.19. The highest BCUT2D eigenvalue weighted by Gasteiger charge is 2.48. The van der Waals surface area contributed by atoms with Gasteiger partial charge in [0.1, 0.15) is 18.3 Å². The number of nitrogens with one attached hydrogen (secondary N) is 1. The monoisotopic (exact) mass is 495 g/mol. The molecule has 1 N–H and O–H groups in total. The van der Waals surface area contributed by atoms with Gasteiger partial charge in [-0.25, -0.2) is 9.18 Å². The van der Waals surface area contributed by atoms with E-state index in [0.717, 1.165) is 5.75 Å². The first-order valence-corrected chi connectivity index (χ1v) is 12.3. The number of carbonyl (C=O) groups excluding carboxylic acids is 3. The number of ether oxygens (including phenoxy) is 2. The Morgan fingerprint density at radius 1 is 1.33 bits per heavy atom. The van der Waals surface area contributed by atoms with Crippen LogP contribution in [0.25, 0.3) is 0 Å². The molecule has 1 aliphatic carbocycles. The molecule has 3 rings (SSSR count). The van der Waals surface area contributed by atoms with Crippen molar-refractivity contribution in [1.29, 1.82) is 0 Å².